The first kappa shape index (κ1) is 19.0. The number of ketones is 1. The van der Waals surface area contributed by atoms with Crippen LogP contribution < -0.4 is 0 Å². The smallest absolute Gasteiger partial charge is 0.277 e. The Morgan fingerprint density at radius 1 is 1.25 bits per heavy atom. The Labute approximate surface area is 173 Å². The SMILES string of the molecule is Cc1nc(Cc2nnc(SCC(=O)c3cc(C)n(-c4nccs4)c3C)o2)cs1. The summed E-state index contributed by atoms with van der Waals surface area (Å²) in [7, 11) is 0. The van der Waals surface area contributed by atoms with Gasteiger partial charge in [-0.15, -0.1) is 32.9 Å². The molecule has 0 spiro atoms. The van der Waals surface area contributed by atoms with Crippen LogP contribution in [0, 0.1) is 20.8 Å². The molecule has 7 nitrogen and oxygen atoms in total. The van der Waals surface area contributed by atoms with Crippen LogP contribution in [-0.4, -0.2) is 36.3 Å². The number of carbonyl (C=O) groups excluding carboxylic acids is 1. The van der Waals surface area contributed by atoms with E-state index in [1.165, 1.54) is 11.8 Å². The Hall–Kier alpha value is -2.30. The standard InChI is InChI=1S/C18H17N5O2S3/c1-10-6-14(11(2)23(10)17-19-4-5-26-17)15(24)9-28-18-22-21-16(25-18)7-13-8-27-12(3)20-13/h4-6,8H,7,9H2,1-3H3. The van der Waals surface area contributed by atoms with E-state index in [1.807, 2.05) is 42.2 Å². The van der Waals surface area contributed by atoms with Crippen molar-refractivity contribution in [3.63, 3.8) is 0 Å². The number of thiazole rings is 2. The molecule has 0 aliphatic heterocycles. The second-order valence-electron chi connectivity index (χ2n) is 6.14. The quantitative estimate of drug-likeness (QED) is 0.319. The highest BCUT2D eigenvalue weighted by Crippen LogP contribution is 2.25. The number of Topliss-reactive ketones (excluding diaryl/α,β-unsaturated/α-hetero) is 1. The predicted octanol–water partition coefficient (Wildman–Crippen LogP) is 4.26. The van der Waals surface area contributed by atoms with Crippen LogP contribution in [0.25, 0.3) is 5.13 Å². The average Bonchev–Trinajstić information content (AvgIpc) is 3.43. The Bertz CT molecular complexity index is 1110. The minimum absolute atomic E-state index is 0.0239. The second-order valence-corrected chi connectivity index (χ2v) is 9.00. The van der Waals surface area contributed by atoms with Crippen molar-refractivity contribution < 1.29 is 9.21 Å². The van der Waals surface area contributed by atoms with Gasteiger partial charge in [0, 0.05) is 33.9 Å². The molecule has 0 atom stereocenters. The fraction of sp³-hybridized carbons (Fsp3) is 0.278. The van der Waals surface area contributed by atoms with E-state index in [9.17, 15) is 4.79 Å². The van der Waals surface area contributed by atoms with E-state index in [1.54, 1.807) is 28.9 Å². The molecule has 0 saturated carbocycles. The fourth-order valence-corrected chi connectivity index (χ4v) is 4.91. The van der Waals surface area contributed by atoms with E-state index in [-0.39, 0.29) is 11.5 Å². The molecule has 0 unspecified atom stereocenters. The Kier molecular flexibility index (Phi) is 5.42. The van der Waals surface area contributed by atoms with E-state index in [4.69, 9.17) is 4.42 Å². The number of nitrogens with zero attached hydrogens (tertiary/aromatic N) is 5. The predicted molar refractivity (Wildman–Crippen MR) is 110 cm³/mol. The largest absolute Gasteiger partial charge is 0.416 e. The molecule has 0 fully saturated rings. The highest BCUT2D eigenvalue weighted by Gasteiger charge is 2.19. The molecule has 4 heterocycles. The van der Waals surface area contributed by atoms with Gasteiger partial charge in [-0.05, 0) is 26.8 Å². The first-order valence-electron chi connectivity index (χ1n) is 8.49. The maximum atomic E-state index is 12.7. The van der Waals surface area contributed by atoms with Crippen LogP contribution in [0.5, 0.6) is 0 Å². The summed E-state index contributed by atoms with van der Waals surface area (Å²) in [5, 5.41) is 14.2. The summed E-state index contributed by atoms with van der Waals surface area (Å²) in [6.45, 7) is 5.87. The summed E-state index contributed by atoms with van der Waals surface area (Å²) in [4.78, 5) is 21.5. The summed E-state index contributed by atoms with van der Waals surface area (Å²) < 4.78 is 7.64. The zero-order valence-electron chi connectivity index (χ0n) is 15.5. The molecule has 0 aliphatic rings. The lowest BCUT2D eigenvalue weighted by Gasteiger charge is -2.05. The van der Waals surface area contributed by atoms with Gasteiger partial charge in [-0.2, -0.15) is 0 Å². The van der Waals surface area contributed by atoms with Crippen molar-refractivity contribution in [2.45, 2.75) is 32.4 Å². The second kappa shape index (κ2) is 7.98. The summed E-state index contributed by atoms with van der Waals surface area (Å²) in [6, 6.07) is 1.91. The monoisotopic (exact) mass is 431 g/mol. The third-order valence-corrected chi connectivity index (χ3v) is 6.51. The number of hydrogen-bond donors (Lipinski definition) is 0. The van der Waals surface area contributed by atoms with Gasteiger partial charge < -0.3 is 4.42 Å². The van der Waals surface area contributed by atoms with E-state index >= 15 is 0 Å². The van der Waals surface area contributed by atoms with E-state index in [0.29, 0.717) is 23.1 Å². The molecular weight excluding hydrogens is 414 g/mol. The van der Waals surface area contributed by atoms with Crippen molar-refractivity contribution in [1.29, 1.82) is 0 Å². The number of rotatable bonds is 7. The average molecular weight is 432 g/mol. The molecule has 4 aromatic rings. The number of thioether (sulfide) groups is 1. The minimum atomic E-state index is 0.0239. The van der Waals surface area contributed by atoms with Crippen molar-refractivity contribution in [1.82, 2.24) is 24.7 Å². The molecule has 28 heavy (non-hydrogen) atoms. The Balaban J connectivity index is 1.42. The van der Waals surface area contributed by atoms with Crippen molar-refractivity contribution in [3.05, 3.63) is 56.6 Å². The van der Waals surface area contributed by atoms with Crippen LogP contribution in [0.4, 0.5) is 0 Å². The maximum absolute atomic E-state index is 12.7. The first-order chi connectivity index (χ1) is 13.5. The molecule has 4 aromatic heterocycles. The highest BCUT2D eigenvalue weighted by atomic mass is 32.2. The summed E-state index contributed by atoms with van der Waals surface area (Å²) >= 11 is 4.38. The first-order valence-corrected chi connectivity index (χ1v) is 11.2. The Morgan fingerprint density at radius 3 is 2.82 bits per heavy atom. The lowest BCUT2D eigenvalue weighted by molar-refractivity contribution is 0.102. The highest BCUT2D eigenvalue weighted by molar-refractivity contribution is 7.99. The van der Waals surface area contributed by atoms with Gasteiger partial charge in [0.1, 0.15) is 0 Å². The van der Waals surface area contributed by atoms with Crippen LogP contribution >= 0.6 is 34.4 Å². The maximum Gasteiger partial charge on any atom is 0.277 e. The molecule has 0 aliphatic carbocycles. The van der Waals surface area contributed by atoms with Crippen molar-refractivity contribution in [3.8, 4) is 5.13 Å². The summed E-state index contributed by atoms with van der Waals surface area (Å²) in [6.07, 6.45) is 2.26. The number of aromatic nitrogens is 5. The molecule has 0 N–H and O–H groups in total. The number of carbonyl (C=O) groups is 1. The van der Waals surface area contributed by atoms with E-state index < -0.39 is 0 Å². The van der Waals surface area contributed by atoms with Crippen molar-refractivity contribution >= 4 is 40.2 Å². The number of hydrogen-bond acceptors (Lipinski definition) is 9. The summed E-state index contributed by atoms with van der Waals surface area (Å²) in [5.74, 6) is 0.762. The van der Waals surface area contributed by atoms with Gasteiger partial charge >= 0.3 is 0 Å². The van der Waals surface area contributed by atoms with Gasteiger partial charge in [0.2, 0.25) is 5.89 Å². The molecule has 4 rings (SSSR count). The molecule has 0 saturated heterocycles. The lowest BCUT2D eigenvalue weighted by atomic mass is 10.2. The molecule has 144 valence electrons. The number of aryl methyl sites for hydroxylation is 2. The third kappa shape index (κ3) is 3.94. The van der Waals surface area contributed by atoms with Gasteiger partial charge in [0.25, 0.3) is 5.22 Å². The molecule has 0 bridgehead atoms. The molecule has 0 radical (unpaired) electrons. The minimum Gasteiger partial charge on any atom is -0.416 e. The van der Waals surface area contributed by atoms with E-state index in [0.717, 1.165) is 27.2 Å². The molecular formula is C18H17N5O2S3. The normalized spacial score (nSPS) is 11.2. The molecule has 10 heteroatoms. The van der Waals surface area contributed by atoms with Crippen molar-refractivity contribution in [2.24, 2.45) is 0 Å². The zero-order valence-corrected chi connectivity index (χ0v) is 18.0. The van der Waals surface area contributed by atoms with Gasteiger partial charge in [-0.3, -0.25) is 9.36 Å². The topological polar surface area (TPSA) is 86.7 Å². The Morgan fingerprint density at radius 2 is 2.11 bits per heavy atom. The summed E-state index contributed by atoms with van der Waals surface area (Å²) in [5.41, 5.74) is 3.48. The zero-order chi connectivity index (χ0) is 19.7. The molecule has 0 amide bonds. The van der Waals surface area contributed by atoms with Gasteiger partial charge in [0.15, 0.2) is 10.9 Å². The van der Waals surface area contributed by atoms with E-state index in [2.05, 4.69) is 20.2 Å². The van der Waals surface area contributed by atoms with Crippen molar-refractivity contribution in [2.75, 3.05) is 5.75 Å². The van der Waals surface area contributed by atoms with Gasteiger partial charge in [-0.1, -0.05) is 11.8 Å². The van der Waals surface area contributed by atoms with Crippen LogP contribution in [-0.2, 0) is 6.42 Å². The fourth-order valence-electron chi connectivity index (χ4n) is 2.88. The third-order valence-electron chi connectivity index (χ3n) is 4.12. The van der Waals surface area contributed by atoms with Crippen LogP contribution in [0.1, 0.15) is 38.3 Å². The lowest BCUT2D eigenvalue weighted by Crippen LogP contribution is -2.05. The van der Waals surface area contributed by atoms with Crippen LogP contribution in [0.2, 0.25) is 0 Å². The molecule has 0 aromatic carbocycles. The van der Waals surface area contributed by atoms with Crippen LogP contribution in [0.15, 0.2) is 32.7 Å². The van der Waals surface area contributed by atoms with Gasteiger partial charge in [-0.25, -0.2) is 9.97 Å². The van der Waals surface area contributed by atoms with Gasteiger partial charge in [0.05, 0.1) is 22.9 Å². The van der Waals surface area contributed by atoms with Crippen LogP contribution in [0.3, 0.4) is 0 Å².